The van der Waals surface area contributed by atoms with Crippen molar-refractivity contribution >= 4 is 17.2 Å². The SMILES string of the molecule is C=C(Cc1cc(OC)c(OC)c(OC)c1)c1ccc(OC)cc1NC(C)=O. The number of allylic oxidation sites excluding steroid dienone is 1. The summed E-state index contributed by atoms with van der Waals surface area (Å²) in [4.78, 5) is 11.6. The molecule has 1 N–H and O–H groups in total. The van der Waals surface area contributed by atoms with Crippen molar-refractivity contribution in [1.29, 1.82) is 0 Å². The molecule has 1 amide bonds. The fourth-order valence-electron chi connectivity index (χ4n) is 2.83. The maximum atomic E-state index is 11.6. The molecule has 6 heteroatoms. The lowest BCUT2D eigenvalue weighted by atomic mass is 9.97. The van der Waals surface area contributed by atoms with E-state index < -0.39 is 0 Å². The minimum atomic E-state index is -0.162. The van der Waals surface area contributed by atoms with Gasteiger partial charge in [0, 0.05) is 18.6 Å². The van der Waals surface area contributed by atoms with Gasteiger partial charge in [0.1, 0.15) is 5.75 Å². The van der Waals surface area contributed by atoms with Gasteiger partial charge in [-0.2, -0.15) is 0 Å². The van der Waals surface area contributed by atoms with E-state index >= 15 is 0 Å². The molecule has 144 valence electrons. The highest BCUT2D eigenvalue weighted by Gasteiger charge is 2.15. The molecule has 2 rings (SSSR count). The Morgan fingerprint density at radius 3 is 2.07 bits per heavy atom. The van der Waals surface area contributed by atoms with Gasteiger partial charge in [0.05, 0.1) is 34.1 Å². The molecule has 27 heavy (non-hydrogen) atoms. The second kappa shape index (κ2) is 8.98. The van der Waals surface area contributed by atoms with Crippen molar-refractivity contribution < 1.29 is 23.7 Å². The van der Waals surface area contributed by atoms with E-state index in [1.807, 2.05) is 24.3 Å². The Labute approximate surface area is 159 Å². The zero-order valence-electron chi connectivity index (χ0n) is 16.3. The van der Waals surface area contributed by atoms with Crippen LogP contribution < -0.4 is 24.3 Å². The van der Waals surface area contributed by atoms with Crippen LogP contribution >= 0.6 is 0 Å². The largest absolute Gasteiger partial charge is 0.497 e. The Hall–Kier alpha value is -3.15. The van der Waals surface area contributed by atoms with Crippen molar-refractivity contribution in [3.05, 3.63) is 48.0 Å². The minimum Gasteiger partial charge on any atom is -0.497 e. The first-order valence-electron chi connectivity index (χ1n) is 8.36. The summed E-state index contributed by atoms with van der Waals surface area (Å²) >= 11 is 0. The fourth-order valence-corrected chi connectivity index (χ4v) is 2.83. The number of hydrogen-bond acceptors (Lipinski definition) is 5. The molecule has 0 aliphatic rings. The quantitative estimate of drug-likeness (QED) is 0.761. The number of methoxy groups -OCH3 is 4. The third-order valence-corrected chi connectivity index (χ3v) is 4.06. The Kier molecular flexibility index (Phi) is 6.71. The number of ether oxygens (including phenoxy) is 4. The first-order valence-corrected chi connectivity index (χ1v) is 8.36. The molecule has 2 aromatic carbocycles. The number of nitrogens with one attached hydrogen (secondary N) is 1. The van der Waals surface area contributed by atoms with Gasteiger partial charge in [0.15, 0.2) is 11.5 Å². The standard InChI is InChI=1S/C21H25NO5/c1-13(17-8-7-16(24-3)12-18(17)22-14(2)23)9-15-10-19(25-4)21(27-6)20(11-15)26-5/h7-8,10-12H,1,9H2,2-6H3,(H,22,23). The highest BCUT2D eigenvalue weighted by molar-refractivity contribution is 5.93. The van der Waals surface area contributed by atoms with E-state index in [1.54, 1.807) is 34.5 Å². The zero-order valence-corrected chi connectivity index (χ0v) is 16.3. The van der Waals surface area contributed by atoms with Crippen LogP contribution in [0.5, 0.6) is 23.0 Å². The monoisotopic (exact) mass is 371 g/mol. The molecule has 0 unspecified atom stereocenters. The van der Waals surface area contributed by atoms with E-state index in [0.717, 1.165) is 16.7 Å². The van der Waals surface area contributed by atoms with Crippen LogP contribution in [0.25, 0.3) is 5.57 Å². The van der Waals surface area contributed by atoms with Crippen LogP contribution in [0.15, 0.2) is 36.9 Å². The van der Waals surface area contributed by atoms with E-state index in [4.69, 9.17) is 18.9 Å². The smallest absolute Gasteiger partial charge is 0.221 e. The van der Waals surface area contributed by atoms with Crippen molar-refractivity contribution in [2.45, 2.75) is 13.3 Å². The van der Waals surface area contributed by atoms with E-state index in [9.17, 15) is 4.79 Å². The average Bonchev–Trinajstić information content (AvgIpc) is 2.66. The second-order valence-electron chi connectivity index (χ2n) is 5.91. The molecule has 0 saturated heterocycles. The summed E-state index contributed by atoms with van der Waals surface area (Å²) in [5.74, 6) is 2.19. The minimum absolute atomic E-state index is 0.162. The number of carbonyl (C=O) groups excluding carboxylic acids is 1. The summed E-state index contributed by atoms with van der Waals surface area (Å²) in [7, 11) is 6.30. The van der Waals surface area contributed by atoms with Gasteiger partial charge in [0.2, 0.25) is 11.7 Å². The van der Waals surface area contributed by atoms with Crippen molar-refractivity contribution in [3.8, 4) is 23.0 Å². The molecule has 6 nitrogen and oxygen atoms in total. The number of anilines is 1. The lowest BCUT2D eigenvalue weighted by molar-refractivity contribution is -0.114. The number of rotatable bonds is 8. The van der Waals surface area contributed by atoms with E-state index in [2.05, 4.69) is 11.9 Å². The van der Waals surface area contributed by atoms with E-state index in [-0.39, 0.29) is 5.91 Å². The lowest BCUT2D eigenvalue weighted by Gasteiger charge is -2.16. The van der Waals surface area contributed by atoms with Gasteiger partial charge in [-0.05, 0) is 41.8 Å². The predicted molar refractivity (Wildman–Crippen MR) is 106 cm³/mol. The Balaban J connectivity index is 2.38. The zero-order chi connectivity index (χ0) is 20.0. The highest BCUT2D eigenvalue weighted by Crippen LogP contribution is 2.39. The summed E-state index contributed by atoms with van der Waals surface area (Å²) < 4.78 is 21.4. The first kappa shape index (κ1) is 20.2. The number of benzene rings is 2. The lowest BCUT2D eigenvalue weighted by Crippen LogP contribution is -2.08. The van der Waals surface area contributed by atoms with Gasteiger partial charge >= 0.3 is 0 Å². The molecule has 0 fully saturated rings. The molecule has 0 aromatic heterocycles. The average molecular weight is 371 g/mol. The van der Waals surface area contributed by atoms with Crippen LogP contribution in [0.2, 0.25) is 0 Å². The molecule has 0 aliphatic heterocycles. The van der Waals surface area contributed by atoms with Crippen LogP contribution in [0.4, 0.5) is 5.69 Å². The highest BCUT2D eigenvalue weighted by atomic mass is 16.5. The third-order valence-electron chi connectivity index (χ3n) is 4.06. The van der Waals surface area contributed by atoms with Crippen LogP contribution in [-0.4, -0.2) is 34.3 Å². The molecular weight excluding hydrogens is 346 g/mol. The van der Waals surface area contributed by atoms with Crippen molar-refractivity contribution in [2.75, 3.05) is 33.8 Å². The summed E-state index contributed by atoms with van der Waals surface area (Å²) in [6, 6.07) is 9.25. The maximum absolute atomic E-state index is 11.6. The Bertz CT molecular complexity index is 819. The summed E-state index contributed by atoms with van der Waals surface area (Å²) in [6.45, 7) is 5.66. The first-order chi connectivity index (χ1) is 12.9. The molecule has 0 bridgehead atoms. The van der Waals surface area contributed by atoms with E-state index in [1.165, 1.54) is 6.92 Å². The number of carbonyl (C=O) groups is 1. The topological polar surface area (TPSA) is 66.0 Å². The number of amides is 1. The molecule has 0 radical (unpaired) electrons. The van der Waals surface area contributed by atoms with Crippen LogP contribution in [0, 0.1) is 0 Å². The summed E-state index contributed by atoms with van der Waals surface area (Å²) in [5.41, 5.74) is 3.26. The molecule has 0 heterocycles. The predicted octanol–water partition coefficient (Wildman–Crippen LogP) is 3.94. The van der Waals surface area contributed by atoms with E-state index in [0.29, 0.717) is 35.1 Å². The van der Waals surface area contributed by atoms with Gasteiger partial charge in [0.25, 0.3) is 0 Å². The molecule has 2 aromatic rings. The van der Waals surface area contributed by atoms with Gasteiger partial charge in [-0.15, -0.1) is 0 Å². The molecule has 0 atom stereocenters. The fraction of sp³-hybridized carbons (Fsp3) is 0.286. The summed E-state index contributed by atoms with van der Waals surface area (Å²) in [5, 5.41) is 2.83. The van der Waals surface area contributed by atoms with Crippen LogP contribution in [-0.2, 0) is 11.2 Å². The van der Waals surface area contributed by atoms with Crippen LogP contribution in [0.1, 0.15) is 18.1 Å². The van der Waals surface area contributed by atoms with Gasteiger partial charge in [-0.3, -0.25) is 4.79 Å². The Morgan fingerprint density at radius 1 is 0.963 bits per heavy atom. The van der Waals surface area contributed by atoms with Gasteiger partial charge in [-0.1, -0.05) is 6.58 Å². The second-order valence-corrected chi connectivity index (χ2v) is 5.91. The number of hydrogen-bond donors (Lipinski definition) is 1. The Morgan fingerprint density at radius 2 is 1.59 bits per heavy atom. The molecular formula is C21H25NO5. The van der Waals surface area contributed by atoms with Crippen molar-refractivity contribution in [3.63, 3.8) is 0 Å². The van der Waals surface area contributed by atoms with Gasteiger partial charge in [-0.25, -0.2) is 0 Å². The van der Waals surface area contributed by atoms with Crippen LogP contribution in [0.3, 0.4) is 0 Å². The third kappa shape index (κ3) is 4.73. The normalized spacial score (nSPS) is 10.1. The molecule has 0 saturated carbocycles. The molecule has 0 aliphatic carbocycles. The molecule has 0 spiro atoms. The maximum Gasteiger partial charge on any atom is 0.221 e. The summed E-state index contributed by atoms with van der Waals surface area (Å²) in [6.07, 6.45) is 0.537. The van der Waals surface area contributed by atoms with Gasteiger partial charge < -0.3 is 24.3 Å². The van der Waals surface area contributed by atoms with Crippen molar-refractivity contribution in [1.82, 2.24) is 0 Å². The van der Waals surface area contributed by atoms with Crippen molar-refractivity contribution in [2.24, 2.45) is 0 Å².